The molecule has 6 nitrogen and oxygen atoms in total. The van der Waals surface area contributed by atoms with Crippen LogP contribution in [0.5, 0.6) is 0 Å². The van der Waals surface area contributed by atoms with Crippen molar-refractivity contribution in [1.29, 1.82) is 0 Å². The zero-order valence-electron chi connectivity index (χ0n) is 15.9. The van der Waals surface area contributed by atoms with Crippen LogP contribution >= 0.6 is 22.9 Å². The van der Waals surface area contributed by atoms with Gasteiger partial charge in [-0.25, -0.2) is 14.6 Å². The fourth-order valence-corrected chi connectivity index (χ4v) is 4.03. The highest BCUT2D eigenvalue weighted by atomic mass is 35.5. The Balaban J connectivity index is 1.60. The second-order valence-corrected chi connectivity index (χ2v) is 7.98. The average Bonchev–Trinajstić information content (AvgIpc) is 3.32. The molecule has 4 aromatic rings. The van der Waals surface area contributed by atoms with E-state index in [9.17, 15) is 4.79 Å². The van der Waals surface area contributed by atoms with Crippen molar-refractivity contribution >= 4 is 34.0 Å². The molecule has 0 saturated heterocycles. The second-order valence-electron chi connectivity index (χ2n) is 6.34. The fourth-order valence-electron chi connectivity index (χ4n) is 3.07. The second kappa shape index (κ2) is 8.14. The Morgan fingerprint density at radius 2 is 2.00 bits per heavy atom. The number of carbonyl (C=O) groups is 1. The van der Waals surface area contributed by atoms with Crippen molar-refractivity contribution in [3.05, 3.63) is 76.0 Å². The molecule has 4 rings (SSSR count). The van der Waals surface area contributed by atoms with Gasteiger partial charge in [-0.15, -0.1) is 11.3 Å². The molecule has 0 atom stereocenters. The highest BCUT2D eigenvalue weighted by molar-refractivity contribution is 7.16. The molecular weight excluding hydrogens is 406 g/mol. The Morgan fingerprint density at radius 3 is 2.69 bits per heavy atom. The van der Waals surface area contributed by atoms with Crippen molar-refractivity contribution in [2.75, 3.05) is 5.32 Å². The average molecular weight is 424 g/mol. The van der Waals surface area contributed by atoms with E-state index in [2.05, 4.69) is 20.4 Å². The Bertz CT molecular complexity index is 1150. The lowest BCUT2D eigenvalue weighted by Gasteiger charge is -2.06. The Kier molecular flexibility index (Phi) is 5.42. The van der Waals surface area contributed by atoms with Gasteiger partial charge in [0.25, 0.3) is 5.91 Å². The molecule has 0 bridgehead atoms. The van der Waals surface area contributed by atoms with E-state index in [1.807, 2.05) is 56.3 Å². The van der Waals surface area contributed by atoms with E-state index >= 15 is 0 Å². The van der Waals surface area contributed by atoms with Crippen LogP contribution in [0.4, 0.5) is 5.13 Å². The molecule has 0 unspecified atom stereocenters. The third-order valence-electron chi connectivity index (χ3n) is 4.45. The van der Waals surface area contributed by atoms with Gasteiger partial charge in [0.2, 0.25) is 0 Å². The van der Waals surface area contributed by atoms with E-state index in [0.717, 1.165) is 21.8 Å². The van der Waals surface area contributed by atoms with Crippen LogP contribution in [-0.4, -0.2) is 25.7 Å². The molecule has 0 radical (unpaired) electrons. The van der Waals surface area contributed by atoms with Crippen LogP contribution < -0.4 is 5.32 Å². The summed E-state index contributed by atoms with van der Waals surface area (Å²) in [4.78, 5) is 22.8. The van der Waals surface area contributed by atoms with Crippen molar-refractivity contribution < 1.29 is 4.79 Å². The maximum absolute atomic E-state index is 12.9. The monoisotopic (exact) mass is 423 g/mol. The first-order valence-corrected chi connectivity index (χ1v) is 10.3. The van der Waals surface area contributed by atoms with Gasteiger partial charge in [-0.3, -0.25) is 10.1 Å². The maximum atomic E-state index is 12.9. The molecule has 1 aromatic carbocycles. The number of nitrogens with zero attached hydrogens (tertiary/aromatic N) is 4. The van der Waals surface area contributed by atoms with Gasteiger partial charge in [-0.05, 0) is 37.6 Å². The summed E-state index contributed by atoms with van der Waals surface area (Å²) < 4.78 is 1.70. The molecule has 29 heavy (non-hydrogen) atoms. The van der Waals surface area contributed by atoms with Gasteiger partial charge >= 0.3 is 0 Å². The number of rotatable bonds is 5. The third-order valence-corrected chi connectivity index (χ3v) is 5.59. The van der Waals surface area contributed by atoms with Gasteiger partial charge in [0.15, 0.2) is 10.9 Å². The van der Waals surface area contributed by atoms with Crippen LogP contribution in [0.15, 0.2) is 54.9 Å². The van der Waals surface area contributed by atoms with Crippen molar-refractivity contribution in [3.8, 4) is 17.1 Å². The summed E-state index contributed by atoms with van der Waals surface area (Å²) in [6, 6.07) is 13.1. The number of carbonyl (C=O) groups excluding carboxylic acids is 1. The summed E-state index contributed by atoms with van der Waals surface area (Å²) in [7, 11) is 0. The third kappa shape index (κ3) is 3.92. The Hall–Kier alpha value is -3.03. The topological polar surface area (TPSA) is 72.7 Å². The number of hydrogen-bond acceptors (Lipinski definition) is 5. The van der Waals surface area contributed by atoms with E-state index in [1.54, 1.807) is 17.1 Å². The first-order chi connectivity index (χ1) is 14.1. The van der Waals surface area contributed by atoms with Crippen molar-refractivity contribution in [3.63, 3.8) is 0 Å². The zero-order valence-corrected chi connectivity index (χ0v) is 17.5. The minimum atomic E-state index is -0.236. The normalized spacial score (nSPS) is 10.9. The predicted octanol–water partition coefficient (Wildman–Crippen LogP) is 5.17. The lowest BCUT2D eigenvalue weighted by atomic mass is 10.1. The molecule has 146 valence electrons. The number of aryl methyl sites for hydroxylation is 1. The minimum Gasteiger partial charge on any atom is -0.298 e. The number of aromatic nitrogens is 4. The summed E-state index contributed by atoms with van der Waals surface area (Å²) >= 11 is 7.41. The van der Waals surface area contributed by atoms with E-state index in [-0.39, 0.29) is 5.91 Å². The van der Waals surface area contributed by atoms with Crippen molar-refractivity contribution in [2.45, 2.75) is 20.3 Å². The standard InChI is InChI=1S/C21H18ClN5OS/c1-3-17-16(12-24-27(17)18-6-4-5-11-23-18)20(28)26-21-25-19(13(2)29-21)14-7-9-15(22)10-8-14/h4-12H,3H2,1-2H3,(H,25,26,28). The molecule has 0 aliphatic carbocycles. The van der Waals surface area contributed by atoms with E-state index in [4.69, 9.17) is 11.6 Å². The van der Waals surface area contributed by atoms with Crippen LogP contribution in [0.1, 0.15) is 27.9 Å². The van der Waals surface area contributed by atoms with Crippen LogP contribution in [0.25, 0.3) is 17.1 Å². The van der Waals surface area contributed by atoms with Gasteiger partial charge in [-0.1, -0.05) is 36.7 Å². The molecule has 3 heterocycles. The van der Waals surface area contributed by atoms with Crippen molar-refractivity contribution in [2.24, 2.45) is 0 Å². The van der Waals surface area contributed by atoms with E-state index < -0.39 is 0 Å². The minimum absolute atomic E-state index is 0.236. The van der Waals surface area contributed by atoms with Crippen molar-refractivity contribution in [1.82, 2.24) is 19.7 Å². The van der Waals surface area contributed by atoms with E-state index in [1.165, 1.54) is 11.3 Å². The highest BCUT2D eigenvalue weighted by Crippen LogP contribution is 2.31. The highest BCUT2D eigenvalue weighted by Gasteiger charge is 2.19. The number of benzene rings is 1. The summed E-state index contributed by atoms with van der Waals surface area (Å²) in [5.74, 6) is 0.443. The molecule has 0 saturated carbocycles. The van der Waals surface area contributed by atoms with Crippen LogP contribution in [0, 0.1) is 6.92 Å². The summed E-state index contributed by atoms with van der Waals surface area (Å²) in [5, 5.41) is 8.49. The molecule has 3 aromatic heterocycles. The van der Waals surface area contributed by atoms with Crippen LogP contribution in [0.3, 0.4) is 0 Å². The number of halogens is 1. The summed E-state index contributed by atoms with van der Waals surface area (Å²) in [5.41, 5.74) is 3.11. The zero-order chi connectivity index (χ0) is 20.4. The fraction of sp³-hybridized carbons (Fsp3) is 0.143. The SMILES string of the molecule is CCc1c(C(=O)Nc2nc(-c3ccc(Cl)cc3)c(C)s2)cnn1-c1ccccn1. The van der Waals surface area contributed by atoms with Gasteiger partial charge in [0.05, 0.1) is 23.1 Å². The van der Waals surface area contributed by atoms with Gasteiger partial charge in [0.1, 0.15) is 0 Å². The van der Waals surface area contributed by atoms with Gasteiger partial charge < -0.3 is 0 Å². The Morgan fingerprint density at radius 1 is 1.21 bits per heavy atom. The molecule has 0 fully saturated rings. The quantitative estimate of drug-likeness (QED) is 0.480. The molecule has 1 amide bonds. The molecule has 0 aliphatic rings. The number of thiazole rings is 1. The molecule has 8 heteroatoms. The maximum Gasteiger partial charge on any atom is 0.260 e. The number of nitrogens with one attached hydrogen (secondary N) is 1. The number of anilines is 1. The Labute approximate surface area is 177 Å². The number of pyridine rings is 1. The number of amides is 1. The first kappa shape index (κ1) is 19.3. The van der Waals surface area contributed by atoms with Gasteiger partial charge in [0, 0.05) is 21.7 Å². The summed E-state index contributed by atoms with van der Waals surface area (Å²) in [6.07, 6.45) is 3.92. The first-order valence-electron chi connectivity index (χ1n) is 9.10. The number of hydrogen-bond donors (Lipinski definition) is 1. The smallest absolute Gasteiger partial charge is 0.260 e. The largest absolute Gasteiger partial charge is 0.298 e. The molecule has 0 aliphatic heterocycles. The predicted molar refractivity (Wildman–Crippen MR) is 116 cm³/mol. The van der Waals surface area contributed by atoms with E-state index in [0.29, 0.717) is 28.0 Å². The molecule has 0 spiro atoms. The van der Waals surface area contributed by atoms with Crippen LogP contribution in [0.2, 0.25) is 5.02 Å². The summed E-state index contributed by atoms with van der Waals surface area (Å²) in [6.45, 7) is 3.97. The molecular formula is C21H18ClN5OS. The lowest BCUT2D eigenvalue weighted by molar-refractivity contribution is 0.102. The van der Waals surface area contributed by atoms with Crippen LogP contribution in [-0.2, 0) is 6.42 Å². The lowest BCUT2D eigenvalue weighted by Crippen LogP contribution is -2.14. The molecule has 1 N–H and O–H groups in total. The van der Waals surface area contributed by atoms with Gasteiger partial charge in [-0.2, -0.15) is 5.10 Å².